The standard InChI is InChI=1S/C17H23N3O/c1-13(2)9-10-14(3)19-17(21)15-11-18-20(12-15)16-7-5-4-6-8-16/h4-8,11-14H,9-10H2,1-3H3,(H,19,21). The molecule has 1 N–H and O–H groups in total. The van der Waals surface area contributed by atoms with Crippen molar-refractivity contribution in [3.8, 4) is 5.69 Å². The van der Waals surface area contributed by atoms with E-state index in [-0.39, 0.29) is 11.9 Å². The molecule has 1 aromatic heterocycles. The lowest BCUT2D eigenvalue weighted by Crippen LogP contribution is -2.32. The fourth-order valence-electron chi connectivity index (χ4n) is 2.12. The number of nitrogens with one attached hydrogen (secondary N) is 1. The van der Waals surface area contributed by atoms with Crippen molar-refractivity contribution in [2.45, 2.75) is 39.7 Å². The van der Waals surface area contributed by atoms with Gasteiger partial charge in [0.05, 0.1) is 17.4 Å². The Hall–Kier alpha value is -2.10. The highest BCUT2D eigenvalue weighted by Crippen LogP contribution is 2.09. The van der Waals surface area contributed by atoms with E-state index in [0.29, 0.717) is 11.5 Å². The molecule has 1 aromatic carbocycles. The molecule has 2 aromatic rings. The largest absolute Gasteiger partial charge is 0.349 e. The lowest BCUT2D eigenvalue weighted by Gasteiger charge is -2.14. The smallest absolute Gasteiger partial charge is 0.254 e. The maximum atomic E-state index is 12.2. The summed E-state index contributed by atoms with van der Waals surface area (Å²) in [6, 6.07) is 9.95. The molecule has 0 saturated heterocycles. The van der Waals surface area contributed by atoms with Gasteiger partial charge in [0.15, 0.2) is 0 Å². The maximum Gasteiger partial charge on any atom is 0.254 e. The summed E-state index contributed by atoms with van der Waals surface area (Å²) in [6.45, 7) is 6.43. The third-order valence-electron chi connectivity index (χ3n) is 3.42. The van der Waals surface area contributed by atoms with Crippen molar-refractivity contribution in [1.29, 1.82) is 0 Å². The van der Waals surface area contributed by atoms with Crippen LogP contribution < -0.4 is 5.32 Å². The van der Waals surface area contributed by atoms with E-state index in [9.17, 15) is 4.79 Å². The van der Waals surface area contributed by atoms with Crippen molar-refractivity contribution in [3.63, 3.8) is 0 Å². The molecule has 0 bridgehead atoms. The van der Waals surface area contributed by atoms with Gasteiger partial charge in [-0.25, -0.2) is 4.68 Å². The second-order valence-electron chi connectivity index (χ2n) is 5.85. The van der Waals surface area contributed by atoms with Crippen LogP contribution in [0.15, 0.2) is 42.7 Å². The minimum absolute atomic E-state index is 0.0616. The predicted molar refractivity (Wildman–Crippen MR) is 84.6 cm³/mol. The lowest BCUT2D eigenvalue weighted by atomic mass is 10.0. The van der Waals surface area contributed by atoms with Gasteiger partial charge in [-0.1, -0.05) is 32.0 Å². The zero-order chi connectivity index (χ0) is 15.2. The Labute approximate surface area is 126 Å². The number of nitrogens with zero attached hydrogens (tertiary/aromatic N) is 2. The first-order valence-corrected chi connectivity index (χ1v) is 7.47. The Morgan fingerprint density at radius 2 is 1.90 bits per heavy atom. The molecule has 0 aliphatic rings. The normalized spacial score (nSPS) is 12.4. The van der Waals surface area contributed by atoms with Crippen LogP contribution in [-0.4, -0.2) is 21.7 Å². The van der Waals surface area contributed by atoms with Gasteiger partial charge in [-0.2, -0.15) is 5.10 Å². The van der Waals surface area contributed by atoms with Crippen LogP contribution >= 0.6 is 0 Å². The number of amides is 1. The van der Waals surface area contributed by atoms with Crippen LogP contribution in [0.4, 0.5) is 0 Å². The summed E-state index contributed by atoms with van der Waals surface area (Å²) in [5.74, 6) is 0.596. The van der Waals surface area contributed by atoms with Gasteiger partial charge < -0.3 is 5.32 Å². The second kappa shape index (κ2) is 7.07. The highest BCUT2D eigenvalue weighted by molar-refractivity contribution is 5.93. The summed E-state index contributed by atoms with van der Waals surface area (Å²) in [5, 5.41) is 7.27. The zero-order valence-electron chi connectivity index (χ0n) is 12.9. The summed E-state index contributed by atoms with van der Waals surface area (Å²) in [7, 11) is 0. The number of aromatic nitrogens is 2. The van der Waals surface area contributed by atoms with Crippen molar-refractivity contribution < 1.29 is 4.79 Å². The lowest BCUT2D eigenvalue weighted by molar-refractivity contribution is 0.0937. The second-order valence-corrected chi connectivity index (χ2v) is 5.85. The molecule has 1 unspecified atom stereocenters. The fraction of sp³-hybridized carbons (Fsp3) is 0.412. The van der Waals surface area contributed by atoms with E-state index in [1.165, 1.54) is 0 Å². The van der Waals surface area contributed by atoms with E-state index in [1.807, 2.05) is 37.3 Å². The number of rotatable bonds is 6. The number of carbonyl (C=O) groups excluding carboxylic acids is 1. The minimum Gasteiger partial charge on any atom is -0.349 e. The van der Waals surface area contributed by atoms with Gasteiger partial charge in [0.2, 0.25) is 0 Å². The Kier molecular flexibility index (Phi) is 5.14. The molecule has 21 heavy (non-hydrogen) atoms. The number of benzene rings is 1. The molecule has 0 radical (unpaired) electrons. The van der Waals surface area contributed by atoms with E-state index in [0.717, 1.165) is 18.5 Å². The molecule has 4 heteroatoms. The third kappa shape index (κ3) is 4.45. The Morgan fingerprint density at radius 1 is 1.19 bits per heavy atom. The molecule has 0 aliphatic carbocycles. The Morgan fingerprint density at radius 3 is 2.57 bits per heavy atom. The van der Waals surface area contributed by atoms with Crippen LogP contribution in [0.25, 0.3) is 5.69 Å². The fourth-order valence-corrected chi connectivity index (χ4v) is 2.12. The third-order valence-corrected chi connectivity index (χ3v) is 3.42. The van der Waals surface area contributed by atoms with Gasteiger partial charge in [-0.3, -0.25) is 4.79 Å². The average molecular weight is 285 g/mol. The molecule has 2 rings (SSSR count). The molecule has 4 nitrogen and oxygen atoms in total. The van der Waals surface area contributed by atoms with Gasteiger partial charge in [-0.05, 0) is 37.8 Å². The molecule has 1 heterocycles. The van der Waals surface area contributed by atoms with Gasteiger partial charge in [-0.15, -0.1) is 0 Å². The molecule has 0 aliphatic heterocycles. The van der Waals surface area contributed by atoms with Crippen molar-refractivity contribution in [2.75, 3.05) is 0 Å². The molecule has 1 atom stereocenters. The number of para-hydroxylation sites is 1. The molecule has 112 valence electrons. The van der Waals surface area contributed by atoms with Crippen molar-refractivity contribution in [3.05, 3.63) is 48.3 Å². The van der Waals surface area contributed by atoms with Crippen LogP contribution in [0.5, 0.6) is 0 Å². The molecule has 0 fully saturated rings. The SMILES string of the molecule is CC(C)CCC(C)NC(=O)c1cnn(-c2ccccc2)c1. The van der Waals surface area contributed by atoms with E-state index in [4.69, 9.17) is 0 Å². The maximum absolute atomic E-state index is 12.2. The van der Waals surface area contributed by atoms with Crippen molar-refractivity contribution in [2.24, 2.45) is 5.92 Å². The van der Waals surface area contributed by atoms with Gasteiger partial charge >= 0.3 is 0 Å². The van der Waals surface area contributed by atoms with E-state index in [2.05, 4.69) is 24.3 Å². The first kappa shape index (κ1) is 15.3. The van der Waals surface area contributed by atoms with Gasteiger partial charge in [0.25, 0.3) is 5.91 Å². The van der Waals surface area contributed by atoms with E-state index >= 15 is 0 Å². The first-order chi connectivity index (χ1) is 10.1. The average Bonchev–Trinajstić information content (AvgIpc) is 2.96. The van der Waals surface area contributed by atoms with Gasteiger partial charge in [0, 0.05) is 12.2 Å². The van der Waals surface area contributed by atoms with Crippen molar-refractivity contribution >= 4 is 5.91 Å². The zero-order valence-corrected chi connectivity index (χ0v) is 12.9. The van der Waals surface area contributed by atoms with Crippen LogP contribution in [0.3, 0.4) is 0 Å². The Bertz CT molecular complexity index is 575. The molecule has 0 saturated carbocycles. The monoisotopic (exact) mass is 285 g/mol. The summed E-state index contributed by atoms with van der Waals surface area (Å²) < 4.78 is 1.72. The van der Waals surface area contributed by atoms with Gasteiger partial charge in [0.1, 0.15) is 0 Å². The van der Waals surface area contributed by atoms with Crippen LogP contribution in [0.1, 0.15) is 44.0 Å². The molecule has 1 amide bonds. The molecular weight excluding hydrogens is 262 g/mol. The predicted octanol–water partition coefficient (Wildman–Crippen LogP) is 3.43. The van der Waals surface area contributed by atoms with Crippen LogP contribution in [0, 0.1) is 5.92 Å². The highest BCUT2D eigenvalue weighted by Gasteiger charge is 2.12. The van der Waals surface area contributed by atoms with Crippen LogP contribution in [-0.2, 0) is 0 Å². The topological polar surface area (TPSA) is 46.9 Å². The summed E-state index contributed by atoms with van der Waals surface area (Å²) in [4.78, 5) is 12.2. The quantitative estimate of drug-likeness (QED) is 0.884. The number of hydrogen-bond donors (Lipinski definition) is 1. The van der Waals surface area contributed by atoms with Crippen molar-refractivity contribution in [1.82, 2.24) is 15.1 Å². The number of hydrogen-bond acceptors (Lipinski definition) is 2. The Balaban J connectivity index is 1.96. The number of carbonyl (C=O) groups is 1. The molecular formula is C17H23N3O. The minimum atomic E-state index is -0.0616. The van der Waals surface area contributed by atoms with Crippen LogP contribution in [0.2, 0.25) is 0 Å². The summed E-state index contributed by atoms with van der Waals surface area (Å²) >= 11 is 0. The highest BCUT2D eigenvalue weighted by atomic mass is 16.1. The van der Waals surface area contributed by atoms with E-state index < -0.39 is 0 Å². The first-order valence-electron chi connectivity index (χ1n) is 7.47. The van der Waals surface area contributed by atoms with E-state index in [1.54, 1.807) is 17.1 Å². The summed E-state index contributed by atoms with van der Waals surface area (Å²) in [5.41, 5.74) is 1.54. The molecule has 0 spiro atoms. The summed E-state index contributed by atoms with van der Waals surface area (Å²) in [6.07, 6.45) is 5.48.